The molecular weight excluding hydrogens is 237 g/mol. The molecule has 2 rings (SSSR count). The van der Waals surface area contributed by atoms with E-state index in [2.05, 4.69) is 0 Å². The summed E-state index contributed by atoms with van der Waals surface area (Å²) >= 11 is 6.07. The molecule has 0 spiro atoms. The molecule has 2 aromatic rings. The van der Waals surface area contributed by atoms with E-state index >= 15 is 0 Å². The minimum atomic E-state index is -0.251. The van der Waals surface area contributed by atoms with Crippen LogP contribution in [0, 0.1) is 5.82 Å². The van der Waals surface area contributed by atoms with Crippen molar-refractivity contribution >= 4 is 11.6 Å². The van der Waals surface area contributed by atoms with Gasteiger partial charge in [0.05, 0.1) is 0 Å². The zero-order chi connectivity index (χ0) is 12.3. The second-order valence-corrected chi connectivity index (χ2v) is 4.36. The van der Waals surface area contributed by atoms with Crippen molar-refractivity contribution < 1.29 is 4.39 Å². The Morgan fingerprint density at radius 1 is 1.06 bits per heavy atom. The van der Waals surface area contributed by atoms with Gasteiger partial charge in [-0.3, -0.25) is 0 Å². The van der Waals surface area contributed by atoms with Gasteiger partial charge >= 0.3 is 0 Å². The summed E-state index contributed by atoms with van der Waals surface area (Å²) < 4.78 is 12.8. The van der Waals surface area contributed by atoms with Crippen molar-refractivity contribution in [2.75, 3.05) is 0 Å². The third-order valence-corrected chi connectivity index (χ3v) is 3.06. The highest BCUT2D eigenvalue weighted by molar-refractivity contribution is 6.31. The van der Waals surface area contributed by atoms with E-state index < -0.39 is 0 Å². The van der Waals surface area contributed by atoms with Crippen molar-refractivity contribution in [3.05, 3.63) is 70.5 Å². The molecular formula is C14H13ClFN. The zero-order valence-corrected chi connectivity index (χ0v) is 9.99. The van der Waals surface area contributed by atoms with Crippen LogP contribution in [0.1, 0.15) is 17.2 Å². The van der Waals surface area contributed by atoms with E-state index in [0.29, 0.717) is 11.4 Å². The second kappa shape index (κ2) is 5.30. The Balaban J connectivity index is 2.14. The van der Waals surface area contributed by atoms with Crippen LogP contribution in [-0.4, -0.2) is 0 Å². The summed E-state index contributed by atoms with van der Waals surface area (Å²) in [5.41, 5.74) is 7.98. The molecule has 0 aliphatic carbocycles. The molecule has 2 N–H and O–H groups in total. The van der Waals surface area contributed by atoms with Gasteiger partial charge in [-0.25, -0.2) is 4.39 Å². The van der Waals surface area contributed by atoms with Crippen LogP contribution in [-0.2, 0) is 6.42 Å². The number of hydrogen-bond donors (Lipinski definition) is 1. The fourth-order valence-corrected chi connectivity index (χ4v) is 1.94. The summed E-state index contributed by atoms with van der Waals surface area (Å²) in [6.45, 7) is 0. The van der Waals surface area contributed by atoms with Gasteiger partial charge in [0.15, 0.2) is 0 Å². The number of benzene rings is 2. The lowest BCUT2D eigenvalue weighted by molar-refractivity contribution is 0.624. The van der Waals surface area contributed by atoms with E-state index in [1.54, 1.807) is 12.1 Å². The van der Waals surface area contributed by atoms with Gasteiger partial charge in [-0.1, -0.05) is 41.9 Å². The maximum absolute atomic E-state index is 12.8. The number of nitrogens with two attached hydrogens (primary N) is 1. The van der Waals surface area contributed by atoms with Crippen LogP contribution in [0.3, 0.4) is 0 Å². The fraction of sp³-hybridized carbons (Fsp3) is 0.143. The normalized spacial score (nSPS) is 12.4. The lowest BCUT2D eigenvalue weighted by atomic mass is 10.00. The lowest BCUT2D eigenvalue weighted by Gasteiger charge is -2.13. The third-order valence-electron chi connectivity index (χ3n) is 2.70. The van der Waals surface area contributed by atoms with Crippen LogP contribution in [0.4, 0.5) is 4.39 Å². The topological polar surface area (TPSA) is 26.0 Å². The SMILES string of the molecule is NC(Cc1ccccc1Cl)c1ccc(F)cc1. The van der Waals surface area contributed by atoms with Crippen LogP contribution in [0.15, 0.2) is 48.5 Å². The van der Waals surface area contributed by atoms with Crippen LogP contribution < -0.4 is 5.73 Å². The van der Waals surface area contributed by atoms with Crippen LogP contribution >= 0.6 is 11.6 Å². The molecule has 0 aliphatic rings. The molecule has 0 saturated carbocycles. The van der Waals surface area contributed by atoms with Crippen molar-refractivity contribution in [2.45, 2.75) is 12.5 Å². The molecule has 88 valence electrons. The van der Waals surface area contributed by atoms with Crippen molar-refractivity contribution in [3.63, 3.8) is 0 Å². The smallest absolute Gasteiger partial charge is 0.123 e. The van der Waals surface area contributed by atoms with Gasteiger partial charge in [-0.05, 0) is 35.7 Å². The predicted molar refractivity (Wildman–Crippen MR) is 68.5 cm³/mol. The monoisotopic (exact) mass is 249 g/mol. The molecule has 17 heavy (non-hydrogen) atoms. The minimum absolute atomic E-state index is 0.171. The maximum atomic E-state index is 12.8. The highest BCUT2D eigenvalue weighted by Crippen LogP contribution is 2.21. The molecule has 1 atom stereocenters. The van der Waals surface area contributed by atoms with Crippen LogP contribution in [0.2, 0.25) is 5.02 Å². The minimum Gasteiger partial charge on any atom is -0.324 e. The van der Waals surface area contributed by atoms with Gasteiger partial charge in [0, 0.05) is 11.1 Å². The maximum Gasteiger partial charge on any atom is 0.123 e. The zero-order valence-electron chi connectivity index (χ0n) is 9.24. The molecule has 0 aromatic heterocycles. The van der Waals surface area contributed by atoms with E-state index in [4.69, 9.17) is 17.3 Å². The van der Waals surface area contributed by atoms with E-state index in [1.165, 1.54) is 12.1 Å². The quantitative estimate of drug-likeness (QED) is 0.882. The Hall–Kier alpha value is -1.38. The summed E-state index contributed by atoms with van der Waals surface area (Å²) in [5.74, 6) is -0.251. The molecule has 0 bridgehead atoms. The number of halogens is 2. The lowest BCUT2D eigenvalue weighted by Crippen LogP contribution is -2.13. The molecule has 0 heterocycles. The molecule has 0 fully saturated rings. The summed E-state index contributed by atoms with van der Waals surface area (Å²) in [7, 11) is 0. The van der Waals surface area contributed by atoms with E-state index in [0.717, 1.165) is 11.1 Å². The fourth-order valence-electron chi connectivity index (χ4n) is 1.73. The first-order chi connectivity index (χ1) is 8.16. The van der Waals surface area contributed by atoms with Crippen molar-refractivity contribution in [2.24, 2.45) is 5.73 Å². The van der Waals surface area contributed by atoms with Gasteiger partial charge in [0.25, 0.3) is 0 Å². The molecule has 0 amide bonds. The van der Waals surface area contributed by atoms with E-state index in [1.807, 2.05) is 24.3 Å². The Labute approximate surface area is 105 Å². The van der Waals surface area contributed by atoms with Gasteiger partial charge in [0.1, 0.15) is 5.82 Å². The average molecular weight is 250 g/mol. The standard InChI is InChI=1S/C14H13ClFN/c15-13-4-2-1-3-11(13)9-14(17)10-5-7-12(16)8-6-10/h1-8,14H,9,17H2. The van der Waals surface area contributed by atoms with Crippen molar-refractivity contribution in [1.82, 2.24) is 0 Å². The third kappa shape index (κ3) is 3.05. The Morgan fingerprint density at radius 2 is 1.71 bits per heavy atom. The Kier molecular flexibility index (Phi) is 3.77. The van der Waals surface area contributed by atoms with Gasteiger partial charge < -0.3 is 5.73 Å². The molecule has 2 aromatic carbocycles. The van der Waals surface area contributed by atoms with Crippen LogP contribution in [0.5, 0.6) is 0 Å². The predicted octanol–water partition coefficient (Wildman–Crippen LogP) is 3.72. The second-order valence-electron chi connectivity index (χ2n) is 3.95. The molecule has 0 aliphatic heterocycles. The van der Waals surface area contributed by atoms with E-state index in [-0.39, 0.29) is 11.9 Å². The first-order valence-corrected chi connectivity index (χ1v) is 5.79. The molecule has 1 nitrogen and oxygen atoms in total. The molecule has 3 heteroatoms. The summed E-state index contributed by atoms with van der Waals surface area (Å²) in [6.07, 6.45) is 0.644. The van der Waals surface area contributed by atoms with Gasteiger partial charge in [-0.2, -0.15) is 0 Å². The summed E-state index contributed by atoms with van der Waals surface area (Å²) in [5, 5.41) is 0.713. The van der Waals surface area contributed by atoms with Gasteiger partial charge in [0.2, 0.25) is 0 Å². The first kappa shape index (κ1) is 12.1. The highest BCUT2D eigenvalue weighted by Gasteiger charge is 2.09. The van der Waals surface area contributed by atoms with Crippen molar-refractivity contribution in [3.8, 4) is 0 Å². The van der Waals surface area contributed by atoms with Crippen LogP contribution in [0.25, 0.3) is 0 Å². The number of hydrogen-bond acceptors (Lipinski definition) is 1. The molecule has 1 unspecified atom stereocenters. The molecule has 0 radical (unpaired) electrons. The summed E-state index contributed by atoms with van der Waals surface area (Å²) in [6, 6.07) is 13.7. The Morgan fingerprint density at radius 3 is 2.35 bits per heavy atom. The Bertz CT molecular complexity index is 496. The molecule has 0 saturated heterocycles. The largest absolute Gasteiger partial charge is 0.324 e. The summed E-state index contributed by atoms with van der Waals surface area (Å²) in [4.78, 5) is 0. The average Bonchev–Trinajstić information content (AvgIpc) is 2.33. The number of rotatable bonds is 3. The highest BCUT2D eigenvalue weighted by atomic mass is 35.5. The van der Waals surface area contributed by atoms with Gasteiger partial charge in [-0.15, -0.1) is 0 Å². The van der Waals surface area contributed by atoms with E-state index in [9.17, 15) is 4.39 Å². The van der Waals surface area contributed by atoms with Crippen molar-refractivity contribution in [1.29, 1.82) is 0 Å². The first-order valence-electron chi connectivity index (χ1n) is 5.41.